The summed E-state index contributed by atoms with van der Waals surface area (Å²) in [7, 11) is 0. The van der Waals surface area contributed by atoms with Gasteiger partial charge in [-0.05, 0) is 25.0 Å². The molecule has 7 heteroatoms. The molecule has 1 aliphatic carbocycles. The summed E-state index contributed by atoms with van der Waals surface area (Å²) in [5.41, 5.74) is 0.884. The summed E-state index contributed by atoms with van der Waals surface area (Å²) in [5, 5.41) is 8.01. The molecule has 0 aliphatic heterocycles. The number of hydrogen-bond donors (Lipinski definition) is 1. The van der Waals surface area contributed by atoms with Gasteiger partial charge >= 0.3 is 5.97 Å². The van der Waals surface area contributed by atoms with E-state index in [9.17, 15) is 9.59 Å². The minimum atomic E-state index is -0.625. The molecule has 1 aliphatic rings. The van der Waals surface area contributed by atoms with Crippen molar-refractivity contribution in [2.75, 3.05) is 11.9 Å². The number of aromatic nitrogens is 3. The number of benzene rings is 1. The number of carbonyl (C=O) groups is 2. The van der Waals surface area contributed by atoms with Gasteiger partial charge in [0.25, 0.3) is 5.91 Å². The Morgan fingerprint density at radius 2 is 1.93 bits per heavy atom. The molecule has 1 fully saturated rings. The summed E-state index contributed by atoms with van der Waals surface area (Å²) in [6.07, 6.45) is 6.14. The Bertz CT molecular complexity index is 976. The zero-order chi connectivity index (χ0) is 18.6. The van der Waals surface area contributed by atoms with Crippen LogP contribution in [0.3, 0.4) is 0 Å². The van der Waals surface area contributed by atoms with Crippen LogP contribution in [0, 0.1) is 0 Å². The SMILES string of the molecule is O=C(COC(=O)c1ccc2ccccc2n1)Nc1ccnn1C1CCCC1. The van der Waals surface area contributed by atoms with Gasteiger partial charge in [0.1, 0.15) is 11.5 Å². The second-order valence-electron chi connectivity index (χ2n) is 6.61. The summed E-state index contributed by atoms with van der Waals surface area (Å²) in [6.45, 7) is -0.372. The third-order valence-corrected chi connectivity index (χ3v) is 4.75. The first-order valence-electron chi connectivity index (χ1n) is 9.07. The minimum absolute atomic E-state index is 0.178. The zero-order valence-electron chi connectivity index (χ0n) is 14.8. The zero-order valence-corrected chi connectivity index (χ0v) is 14.8. The molecule has 7 nitrogen and oxygen atoms in total. The topological polar surface area (TPSA) is 86.1 Å². The molecule has 1 amide bonds. The molecule has 138 valence electrons. The van der Waals surface area contributed by atoms with Gasteiger partial charge in [-0.15, -0.1) is 0 Å². The molecule has 0 saturated heterocycles. The van der Waals surface area contributed by atoms with E-state index in [2.05, 4.69) is 15.4 Å². The highest BCUT2D eigenvalue weighted by molar-refractivity contribution is 5.95. The Hall–Kier alpha value is -3.22. The van der Waals surface area contributed by atoms with Crippen LogP contribution in [0.4, 0.5) is 5.82 Å². The molecule has 2 aromatic heterocycles. The van der Waals surface area contributed by atoms with Crippen molar-refractivity contribution in [2.24, 2.45) is 0 Å². The van der Waals surface area contributed by atoms with Crippen LogP contribution in [0.1, 0.15) is 42.2 Å². The molecular formula is C20H20N4O3. The van der Waals surface area contributed by atoms with Crippen LogP contribution < -0.4 is 5.32 Å². The third kappa shape index (κ3) is 3.81. The molecule has 1 aromatic carbocycles. The second kappa shape index (κ2) is 7.57. The molecule has 0 radical (unpaired) electrons. The first kappa shape index (κ1) is 17.2. The summed E-state index contributed by atoms with van der Waals surface area (Å²) in [4.78, 5) is 28.6. The molecule has 4 rings (SSSR count). The van der Waals surface area contributed by atoms with Crippen molar-refractivity contribution in [3.05, 3.63) is 54.4 Å². The second-order valence-corrected chi connectivity index (χ2v) is 6.61. The fraction of sp³-hybridized carbons (Fsp3) is 0.300. The van der Waals surface area contributed by atoms with Crippen molar-refractivity contribution >= 4 is 28.6 Å². The summed E-state index contributed by atoms with van der Waals surface area (Å²) in [5.74, 6) is -0.393. The van der Waals surface area contributed by atoms with Crippen LogP contribution in [0.5, 0.6) is 0 Å². The van der Waals surface area contributed by atoms with E-state index < -0.39 is 11.9 Å². The highest BCUT2D eigenvalue weighted by Gasteiger charge is 2.21. The van der Waals surface area contributed by atoms with Crippen LogP contribution >= 0.6 is 0 Å². The van der Waals surface area contributed by atoms with Crippen LogP contribution in [-0.4, -0.2) is 33.2 Å². The van der Waals surface area contributed by atoms with E-state index in [0.29, 0.717) is 17.4 Å². The number of esters is 1. The van der Waals surface area contributed by atoms with E-state index >= 15 is 0 Å². The van der Waals surface area contributed by atoms with Crippen LogP contribution in [0.2, 0.25) is 0 Å². The maximum atomic E-state index is 12.2. The van der Waals surface area contributed by atoms with Gasteiger partial charge in [0.15, 0.2) is 6.61 Å². The number of hydrogen-bond acceptors (Lipinski definition) is 5. The van der Waals surface area contributed by atoms with Crippen molar-refractivity contribution in [2.45, 2.75) is 31.7 Å². The number of amides is 1. The smallest absolute Gasteiger partial charge is 0.357 e. The number of ether oxygens (including phenoxy) is 1. The lowest BCUT2D eigenvalue weighted by molar-refractivity contribution is -0.119. The Labute approximate surface area is 156 Å². The average Bonchev–Trinajstić information content (AvgIpc) is 3.37. The van der Waals surface area contributed by atoms with E-state index in [0.717, 1.165) is 18.2 Å². The van der Waals surface area contributed by atoms with Crippen molar-refractivity contribution in [1.29, 1.82) is 0 Å². The van der Waals surface area contributed by atoms with E-state index in [1.54, 1.807) is 24.4 Å². The number of nitrogens with zero attached hydrogens (tertiary/aromatic N) is 3. The highest BCUT2D eigenvalue weighted by atomic mass is 16.5. The van der Waals surface area contributed by atoms with E-state index in [1.165, 1.54) is 12.8 Å². The monoisotopic (exact) mass is 364 g/mol. The summed E-state index contributed by atoms with van der Waals surface area (Å²) >= 11 is 0. The fourth-order valence-corrected chi connectivity index (χ4v) is 3.42. The molecule has 27 heavy (non-hydrogen) atoms. The molecule has 3 aromatic rings. The van der Waals surface area contributed by atoms with Crippen molar-refractivity contribution in [1.82, 2.24) is 14.8 Å². The van der Waals surface area contributed by atoms with Crippen LogP contribution in [-0.2, 0) is 9.53 Å². The quantitative estimate of drug-likeness (QED) is 0.702. The number of anilines is 1. The minimum Gasteiger partial charge on any atom is -0.451 e. The first-order valence-corrected chi connectivity index (χ1v) is 9.07. The van der Waals surface area contributed by atoms with Gasteiger partial charge in [0.05, 0.1) is 17.8 Å². The lowest BCUT2D eigenvalue weighted by atomic mass is 10.2. The molecule has 2 heterocycles. The largest absolute Gasteiger partial charge is 0.451 e. The summed E-state index contributed by atoms with van der Waals surface area (Å²) in [6, 6.07) is 13.0. The number of fused-ring (bicyclic) bond motifs is 1. The van der Waals surface area contributed by atoms with Crippen LogP contribution in [0.25, 0.3) is 10.9 Å². The maximum Gasteiger partial charge on any atom is 0.357 e. The average molecular weight is 364 g/mol. The lowest BCUT2D eigenvalue weighted by Crippen LogP contribution is -2.23. The third-order valence-electron chi connectivity index (χ3n) is 4.75. The molecule has 0 unspecified atom stereocenters. The van der Waals surface area contributed by atoms with Gasteiger partial charge < -0.3 is 10.1 Å². The Morgan fingerprint density at radius 1 is 1.11 bits per heavy atom. The van der Waals surface area contributed by atoms with Gasteiger partial charge in [0, 0.05) is 11.5 Å². The van der Waals surface area contributed by atoms with Crippen molar-refractivity contribution in [3.63, 3.8) is 0 Å². The normalized spacial score (nSPS) is 14.4. The van der Waals surface area contributed by atoms with Gasteiger partial charge in [-0.2, -0.15) is 5.10 Å². The molecule has 0 bridgehead atoms. The van der Waals surface area contributed by atoms with E-state index in [-0.39, 0.29) is 12.3 Å². The Kier molecular flexibility index (Phi) is 4.82. The predicted octanol–water partition coefficient (Wildman–Crippen LogP) is 3.34. The lowest BCUT2D eigenvalue weighted by Gasteiger charge is -2.14. The van der Waals surface area contributed by atoms with Gasteiger partial charge in [-0.3, -0.25) is 4.79 Å². The first-order chi connectivity index (χ1) is 13.2. The Balaban J connectivity index is 1.36. The number of para-hydroxylation sites is 1. The van der Waals surface area contributed by atoms with Gasteiger partial charge in [-0.1, -0.05) is 37.1 Å². The number of nitrogens with one attached hydrogen (secondary N) is 1. The number of carbonyl (C=O) groups excluding carboxylic acids is 2. The molecule has 1 saturated carbocycles. The molecule has 0 spiro atoms. The van der Waals surface area contributed by atoms with Gasteiger partial charge in [-0.25, -0.2) is 14.5 Å². The molecule has 1 N–H and O–H groups in total. The molecule has 0 atom stereocenters. The van der Waals surface area contributed by atoms with Crippen molar-refractivity contribution < 1.29 is 14.3 Å². The standard InChI is InChI=1S/C20H20N4O3/c25-19(23-18-11-12-21-24(18)15-6-2-3-7-15)13-27-20(26)17-10-9-14-5-1-4-8-16(14)22-17/h1,4-5,8-12,15H,2-3,6-7,13H2,(H,23,25). The maximum absolute atomic E-state index is 12.2. The predicted molar refractivity (Wildman–Crippen MR) is 100 cm³/mol. The summed E-state index contributed by atoms with van der Waals surface area (Å²) < 4.78 is 6.95. The molecular weight excluding hydrogens is 344 g/mol. The Morgan fingerprint density at radius 3 is 2.78 bits per heavy atom. The number of rotatable bonds is 5. The van der Waals surface area contributed by atoms with E-state index in [4.69, 9.17) is 4.74 Å². The number of pyridine rings is 1. The van der Waals surface area contributed by atoms with Crippen molar-refractivity contribution in [3.8, 4) is 0 Å². The highest BCUT2D eigenvalue weighted by Crippen LogP contribution is 2.31. The fourth-order valence-electron chi connectivity index (χ4n) is 3.42. The van der Waals surface area contributed by atoms with Gasteiger partial charge in [0.2, 0.25) is 0 Å². The van der Waals surface area contributed by atoms with E-state index in [1.807, 2.05) is 28.9 Å². The van der Waals surface area contributed by atoms with Crippen LogP contribution in [0.15, 0.2) is 48.7 Å².